The van der Waals surface area contributed by atoms with Gasteiger partial charge in [0.2, 0.25) is 0 Å². The second kappa shape index (κ2) is 5.74. The summed E-state index contributed by atoms with van der Waals surface area (Å²) in [6, 6.07) is 7.99. The van der Waals surface area contributed by atoms with Crippen molar-refractivity contribution in [2.24, 2.45) is 5.92 Å². The minimum absolute atomic E-state index is 0.469. The van der Waals surface area contributed by atoms with Crippen molar-refractivity contribution in [1.82, 2.24) is 10.2 Å². The highest BCUT2D eigenvalue weighted by atomic mass is 35.5. The molecule has 1 heterocycles. The highest BCUT2D eigenvalue weighted by Gasteiger charge is 2.14. The van der Waals surface area contributed by atoms with Gasteiger partial charge in [-0.05, 0) is 12.3 Å². The Morgan fingerprint density at radius 2 is 1.84 bits per heavy atom. The smallest absolute Gasteiger partial charge is 0.159 e. The van der Waals surface area contributed by atoms with Crippen molar-refractivity contribution < 1.29 is 0 Å². The van der Waals surface area contributed by atoms with Crippen LogP contribution in [0.1, 0.15) is 32.1 Å². The molecule has 1 aliphatic rings. The molecule has 0 spiro atoms. The summed E-state index contributed by atoms with van der Waals surface area (Å²) in [4.78, 5) is 0. The van der Waals surface area contributed by atoms with Gasteiger partial charge in [0.05, 0.1) is 0 Å². The maximum atomic E-state index is 6.07. The maximum absolute atomic E-state index is 6.07. The number of benzene rings is 1. The number of nitrogens with one attached hydrogen (secondary N) is 1. The molecule has 1 N–H and O–H groups in total. The Morgan fingerprint density at radius 1 is 1.11 bits per heavy atom. The van der Waals surface area contributed by atoms with Crippen LogP contribution >= 0.6 is 11.6 Å². The van der Waals surface area contributed by atoms with Gasteiger partial charge in [-0.3, -0.25) is 0 Å². The van der Waals surface area contributed by atoms with Crippen molar-refractivity contribution >= 4 is 28.2 Å². The monoisotopic (exact) mass is 275 g/mol. The first-order valence-electron chi connectivity index (χ1n) is 6.99. The molecule has 2 aromatic rings. The topological polar surface area (TPSA) is 37.8 Å². The van der Waals surface area contributed by atoms with Crippen molar-refractivity contribution in [3.8, 4) is 0 Å². The number of aromatic nitrogens is 2. The molecule has 1 aromatic carbocycles. The zero-order chi connectivity index (χ0) is 13.1. The molecule has 0 bridgehead atoms. The van der Waals surface area contributed by atoms with Gasteiger partial charge in [0.1, 0.15) is 0 Å². The largest absolute Gasteiger partial charge is 0.368 e. The van der Waals surface area contributed by atoms with Crippen molar-refractivity contribution in [2.75, 3.05) is 11.9 Å². The van der Waals surface area contributed by atoms with E-state index in [2.05, 4.69) is 15.5 Å². The highest BCUT2D eigenvalue weighted by molar-refractivity contribution is 6.34. The first-order chi connectivity index (χ1) is 9.34. The predicted octanol–water partition coefficient (Wildman–Crippen LogP) is 4.28. The molecule has 1 saturated carbocycles. The minimum Gasteiger partial charge on any atom is -0.368 e. The fraction of sp³-hybridized carbons (Fsp3) is 0.467. The van der Waals surface area contributed by atoms with Gasteiger partial charge in [-0.25, -0.2) is 0 Å². The molecule has 1 aliphatic carbocycles. The third-order valence-corrected chi connectivity index (χ3v) is 4.24. The Balaban J connectivity index is 1.72. The van der Waals surface area contributed by atoms with Gasteiger partial charge in [-0.1, -0.05) is 61.5 Å². The van der Waals surface area contributed by atoms with Gasteiger partial charge in [-0.2, -0.15) is 0 Å². The summed E-state index contributed by atoms with van der Waals surface area (Å²) in [6.45, 7) is 0.963. The number of anilines is 1. The molecule has 0 amide bonds. The van der Waals surface area contributed by atoms with Gasteiger partial charge >= 0.3 is 0 Å². The van der Waals surface area contributed by atoms with Crippen LogP contribution in [-0.2, 0) is 0 Å². The van der Waals surface area contributed by atoms with Crippen LogP contribution in [0, 0.1) is 5.92 Å². The van der Waals surface area contributed by atoms with E-state index in [1.807, 2.05) is 24.3 Å². The standard InChI is InChI=1S/C15H18ClN3/c16-14-12-7-3-4-8-13(12)15(19-18-14)17-10-9-11-5-1-2-6-11/h3-4,7-8,11H,1-2,5-6,9-10H2,(H,17,19). The summed E-state index contributed by atoms with van der Waals surface area (Å²) < 4.78 is 0. The summed E-state index contributed by atoms with van der Waals surface area (Å²) in [5, 5.41) is 14.1. The first-order valence-corrected chi connectivity index (χ1v) is 7.37. The predicted molar refractivity (Wildman–Crippen MR) is 79.6 cm³/mol. The average Bonchev–Trinajstić information content (AvgIpc) is 2.95. The molecule has 100 valence electrons. The Labute approximate surface area is 118 Å². The van der Waals surface area contributed by atoms with Crippen LogP contribution in [0.15, 0.2) is 24.3 Å². The molecule has 19 heavy (non-hydrogen) atoms. The number of hydrogen-bond acceptors (Lipinski definition) is 3. The lowest BCUT2D eigenvalue weighted by Crippen LogP contribution is -2.08. The second-order valence-electron chi connectivity index (χ2n) is 5.25. The van der Waals surface area contributed by atoms with Gasteiger partial charge < -0.3 is 5.32 Å². The van der Waals surface area contributed by atoms with Crippen LogP contribution in [0.4, 0.5) is 5.82 Å². The second-order valence-corrected chi connectivity index (χ2v) is 5.61. The molecule has 1 fully saturated rings. The van der Waals surface area contributed by atoms with Crippen molar-refractivity contribution in [2.45, 2.75) is 32.1 Å². The summed E-state index contributed by atoms with van der Waals surface area (Å²) in [5.74, 6) is 1.73. The summed E-state index contributed by atoms with van der Waals surface area (Å²) in [6.07, 6.45) is 6.78. The number of nitrogens with zero attached hydrogens (tertiary/aromatic N) is 2. The third kappa shape index (κ3) is 2.81. The molecular weight excluding hydrogens is 258 g/mol. The lowest BCUT2D eigenvalue weighted by molar-refractivity contribution is 0.518. The number of fused-ring (bicyclic) bond motifs is 1. The molecule has 0 saturated heterocycles. The lowest BCUT2D eigenvalue weighted by atomic mass is 10.0. The van der Waals surface area contributed by atoms with E-state index in [1.165, 1.54) is 32.1 Å². The van der Waals surface area contributed by atoms with E-state index in [9.17, 15) is 0 Å². The van der Waals surface area contributed by atoms with E-state index in [0.717, 1.165) is 29.1 Å². The van der Waals surface area contributed by atoms with Crippen LogP contribution in [-0.4, -0.2) is 16.7 Å². The molecule has 4 heteroatoms. The van der Waals surface area contributed by atoms with Crippen LogP contribution in [0.5, 0.6) is 0 Å². The fourth-order valence-corrected chi connectivity index (χ4v) is 3.10. The van der Waals surface area contributed by atoms with Crippen LogP contribution in [0.25, 0.3) is 10.8 Å². The number of rotatable bonds is 4. The molecule has 0 unspecified atom stereocenters. The fourth-order valence-electron chi connectivity index (χ4n) is 2.90. The molecule has 0 aliphatic heterocycles. The zero-order valence-electron chi connectivity index (χ0n) is 10.9. The van der Waals surface area contributed by atoms with Crippen molar-refractivity contribution in [3.05, 3.63) is 29.4 Å². The van der Waals surface area contributed by atoms with Crippen molar-refractivity contribution in [1.29, 1.82) is 0 Å². The molecular formula is C15H18ClN3. The van der Waals surface area contributed by atoms with E-state index in [4.69, 9.17) is 11.6 Å². The Bertz CT molecular complexity index is 564. The lowest BCUT2D eigenvalue weighted by Gasteiger charge is -2.11. The molecule has 3 nitrogen and oxygen atoms in total. The molecule has 3 rings (SSSR count). The van der Waals surface area contributed by atoms with Crippen molar-refractivity contribution in [3.63, 3.8) is 0 Å². The van der Waals surface area contributed by atoms with Crippen LogP contribution in [0.2, 0.25) is 5.15 Å². The maximum Gasteiger partial charge on any atom is 0.159 e. The van der Waals surface area contributed by atoms with Crippen LogP contribution in [0.3, 0.4) is 0 Å². The van der Waals surface area contributed by atoms with Gasteiger partial charge in [0.15, 0.2) is 11.0 Å². The van der Waals surface area contributed by atoms with Gasteiger partial charge in [0.25, 0.3) is 0 Å². The van der Waals surface area contributed by atoms with E-state index in [0.29, 0.717) is 5.15 Å². The third-order valence-electron chi connectivity index (χ3n) is 3.96. The van der Waals surface area contributed by atoms with E-state index in [-0.39, 0.29) is 0 Å². The SMILES string of the molecule is Clc1nnc(NCCC2CCCC2)c2ccccc12. The Hall–Kier alpha value is -1.35. The first kappa shape index (κ1) is 12.7. The molecule has 1 aromatic heterocycles. The normalized spacial score (nSPS) is 16.1. The summed E-state index contributed by atoms with van der Waals surface area (Å²) in [7, 11) is 0. The number of halogens is 1. The average molecular weight is 276 g/mol. The molecule has 0 atom stereocenters. The molecule has 0 radical (unpaired) electrons. The Morgan fingerprint density at radius 3 is 2.63 bits per heavy atom. The Kier molecular flexibility index (Phi) is 3.83. The summed E-state index contributed by atoms with van der Waals surface area (Å²) in [5.41, 5.74) is 0. The highest BCUT2D eigenvalue weighted by Crippen LogP contribution is 2.28. The van der Waals surface area contributed by atoms with E-state index >= 15 is 0 Å². The van der Waals surface area contributed by atoms with Gasteiger partial charge in [0, 0.05) is 17.3 Å². The zero-order valence-corrected chi connectivity index (χ0v) is 11.7. The van der Waals surface area contributed by atoms with Crippen LogP contribution < -0.4 is 5.32 Å². The summed E-state index contributed by atoms with van der Waals surface area (Å²) >= 11 is 6.07. The van der Waals surface area contributed by atoms with E-state index < -0.39 is 0 Å². The quantitative estimate of drug-likeness (QED) is 0.905. The minimum atomic E-state index is 0.469. The number of hydrogen-bond donors (Lipinski definition) is 1. The van der Waals surface area contributed by atoms with E-state index in [1.54, 1.807) is 0 Å². The van der Waals surface area contributed by atoms with Gasteiger partial charge in [-0.15, -0.1) is 10.2 Å².